The number of rotatable bonds is 4. The van der Waals surface area contributed by atoms with Crippen LogP contribution in [0, 0.1) is 6.92 Å². The van der Waals surface area contributed by atoms with Gasteiger partial charge in [0.05, 0.1) is 15.5 Å². The van der Waals surface area contributed by atoms with Crippen LogP contribution in [0.3, 0.4) is 0 Å². The lowest BCUT2D eigenvalue weighted by Crippen LogP contribution is -2.21. The van der Waals surface area contributed by atoms with E-state index in [9.17, 15) is 13.2 Å². The van der Waals surface area contributed by atoms with E-state index in [4.69, 9.17) is 0 Å². The predicted octanol–water partition coefficient (Wildman–Crippen LogP) is 5.61. The highest BCUT2D eigenvalue weighted by molar-refractivity contribution is 7.91. The lowest BCUT2D eigenvalue weighted by atomic mass is 10.0. The number of amides is 1. The van der Waals surface area contributed by atoms with Crippen molar-refractivity contribution in [3.8, 4) is 21.6 Å². The maximum Gasteiger partial charge on any atom is 0.261 e. The van der Waals surface area contributed by atoms with E-state index in [1.165, 1.54) is 11.3 Å². The number of aryl methyl sites for hydroxylation is 1. The number of hydrogen-bond acceptors (Lipinski definition) is 4. The van der Waals surface area contributed by atoms with Crippen LogP contribution in [0.5, 0.6) is 0 Å². The summed E-state index contributed by atoms with van der Waals surface area (Å²) < 4.78 is 25.8. The molecule has 0 atom stereocenters. The normalized spacial score (nSPS) is 13.8. The Morgan fingerprint density at radius 2 is 1.75 bits per heavy atom. The smallest absolute Gasteiger partial charge is 0.261 e. The first-order valence-corrected chi connectivity index (χ1v) is 12.8. The van der Waals surface area contributed by atoms with Crippen LogP contribution in [0.4, 0.5) is 0 Å². The van der Waals surface area contributed by atoms with E-state index in [0.717, 1.165) is 27.1 Å². The molecule has 1 aliphatic rings. The molecule has 0 aliphatic carbocycles. The number of carbonyl (C=O) groups excluding carboxylic acids is 1. The Kier molecular flexibility index (Phi) is 5.19. The standard InChI is InChI=1S/C26H21NO3S2/c1-17-6-5-7-18(12-17)15-27-26(28)23-14-21-16-32(29,30)24-11-10-20(13-22(24)25(21)31-23)19-8-3-2-4-9-19/h2-14H,15-16H2,1H3,(H,27,28). The zero-order valence-electron chi connectivity index (χ0n) is 17.5. The van der Waals surface area contributed by atoms with Crippen LogP contribution in [0.2, 0.25) is 0 Å². The average molecular weight is 460 g/mol. The van der Waals surface area contributed by atoms with Gasteiger partial charge >= 0.3 is 0 Å². The van der Waals surface area contributed by atoms with Crippen molar-refractivity contribution in [3.63, 3.8) is 0 Å². The first-order chi connectivity index (χ1) is 15.4. The van der Waals surface area contributed by atoms with Crippen LogP contribution >= 0.6 is 11.3 Å². The van der Waals surface area contributed by atoms with E-state index in [1.54, 1.807) is 12.1 Å². The summed E-state index contributed by atoms with van der Waals surface area (Å²) in [6.45, 7) is 2.44. The fraction of sp³-hybridized carbons (Fsp3) is 0.115. The SMILES string of the molecule is Cc1cccc(CNC(=O)c2cc3c(s2)-c2cc(-c4ccccc4)ccc2S(=O)(=O)C3)c1. The number of carbonyl (C=O) groups is 1. The molecule has 1 N–H and O–H groups in total. The second-order valence-corrected chi connectivity index (χ2v) is 11.0. The van der Waals surface area contributed by atoms with Crippen LogP contribution in [0.25, 0.3) is 21.6 Å². The largest absolute Gasteiger partial charge is 0.347 e. The van der Waals surface area contributed by atoms with Crippen LogP contribution in [0.1, 0.15) is 26.4 Å². The summed E-state index contributed by atoms with van der Waals surface area (Å²) in [4.78, 5) is 14.5. The third kappa shape index (κ3) is 3.87. The Balaban J connectivity index is 1.49. The van der Waals surface area contributed by atoms with Gasteiger partial charge in [-0.3, -0.25) is 4.79 Å². The van der Waals surface area contributed by atoms with Gasteiger partial charge < -0.3 is 5.32 Å². The Morgan fingerprint density at radius 3 is 2.53 bits per heavy atom. The molecule has 160 valence electrons. The third-order valence-corrected chi connectivity index (χ3v) is 8.51. The first-order valence-electron chi connectivity index (χ1n) is 10.3. The second kappa shape index (κ2) is 8.04. The predicted molar refractivity (Wildman–Crippen MR) is 128 cm³/mol. The van der Waals surface area contributed by atoms with Gasteiger partial charge in [0, 0.05) is 17.0 Å². The van der Waals surface area contributed by atoms with Crippen molar-refractivity contribution in [1.29, 1.82) is 0 Å². The molecule has 0 spiro atoms. The van der Waals surface area contributed by atoms with Gasteiger partial charge in [-0.05, 0) is 47.4 Å². The average Bonchev–Trinajstić information content (AvgIpc) is 3.21. The molecule has 3 aromatic carbocycles. The van der Waals surface area contributed by atoms with Crippen LogP contribution < -0.4 is 5.32 Å². The van der Waals surface area contributed by atoms with Crippen molar-refractivity contribution in [2.45, 2.75) is 24.1 Å². The molecule has 32 heavy (non-hydrogen) atoms. The van der Waals surface area contributed by atoms with Gasteiger partial charge in [-0.15, -0.1) is 11.3 Å². The Bertz CT molecular complexity index is 1440. The zero-order chi connectivity index (χ0) is 22.3. The second-order valence-electron chi connectivity index (χ2n) is 7.97. The summed E-state index contributed by atoms with van der Waals surface area (Å²) in [6, 6.07) is 25.0. The van der Waals surface area contributed by atoms with Crippen LogP contribution in [-0.4, -0.2) is 14.3 Å². The van der Waals surface area contributed by atoms with Crippen molar-refractivity contribution in [2.24, 2.45) is 0 Å². The molecule has 5 rings (SSSR count). The van der Waals surface area contributed by atoms with Crippen molar-refractivity contribution in [3.05, 3.63) is 100 Å². The van der Waals surface area contributed by atoms with E-state index in [-0.39, 0.29) is 11.7 Å². The monoisotopic (exact) mass is 459 g/mol. The summed E-state index contributed by atoms with van der Waals surface area (Å²) in [6.07, 6.45) is 0. The summed E-state index contributed by atoms with van der Waals surface area (Å²) in [5.74, 6) is -0.272. The number of hydrogen-bond donors (Lipinski definition) is 1. The summed E-state index contributed by atoms with van der Waals surface area (Å²) in [5, 5.41) is 2.96. The molecule has 1 amide bonds. The lowest BCUT2D eigenvalue weighted by Gasteiger charge is -2.17. The van der Waals surface area contributed by atoms with Gasteiger partial charge in [-0.25, -0.2) is 8.42 Å². The molecule has 4 aromatic rings. The molecule has 0 fully saturated rings. The van der Waals surface area contributed by atoms with Crippen molar-refractivity contribution >= 4 is 27.1 Å². The van der Waals surface area contributed by atoms with E-state index in [2.05, 4.69) is 5.32 Å². The molecule has 4 nitrogen and oxygen atoms in total. The van der Waals surface area contributed by atoms with Crippen LogP contribution in [0.15, 0.2) is 83.8 Å². The van der Waals surface area contributed by atoms with Gasteiger partial charge in [0.1, 0.15) is 0 Å². The van der Waals surface area contributed by atoms with E-state index in [0.29, 0.717) is 27.4 Å². The molecule has 0 bridgehead atoms. The van der Waals surface area contributed by atoms with Crippen molar-refractivity contribution in [1.82, 2.24) is 5.32 Å². The molecule has 0 saturated carbocycles. The van der Waals surface area contributed by atoms with E-state index < -0.39 is 9.84 Å². The summed E-state index contributed by atoms with van der Waals surface area (Å²) in [5.41, 5.74) is 5.50. The molecule has 0 unspecified atom stereocenters. The number of sulfone groups is 1. The van der Waals surface area contributed by atoms with Gasteiger partial charge in [0.25, 0.3) is 5.91 Å². The topological polar surface area (TPSA) is 63.2 Å². The van der Waals surface area contributed by atoms with Gasteiger partial charge in [-0.1, -0.05) is 66.2 Å². The zero-order valence-corrected chi connectivity index (χ0v) is 19.1. The fourth-order valence-corrected chi connectivity index (χ4v) is 6.89. The number of benzene rings is 3. The van der Waals surface area contributed by atoms with Gasteiger partial charge in [-0.2, -0.15) is 0 Å². The highest BCUT2D eigenvalue weighted by atomic mass is 32.2. The minimum absolute atomic E-state index is 0.0817. The maximum absolute atomic E-state index is 12.9. The Labute approximate surface area is 191 Å². The fourth-order valence-electron chi connectivity index (χ4n) is 4.04. The van der Waals surface area contributed by atoms with Gasteiger partial charge in [0.15, 0.2) is 9.84 Å². The van der Waals surface area contributed by atoms with Crippen molar-refractivity contribution in [2.75, 3.05) is 0 Å². The quantitative estimate of drug-likeness (QED) is 0.432. The Morgan fingerprint density at radius 1 is 0.938 bits per heavy atom. The summed E-state index contributed by atoms with van der Waals surface area (Å²) in [7, 11) is -3.45. The molecule has 0 radical (unpaired) electrons. The number of fused-ring (bicyclic) bond motifs is 3. The molecular formula is C26H21NO3S2. The summed E-state index contributed by atoms with van der Waals surface area (Å²) >= 11 is 1.35. The molecule has 0 saturated heterocycles. The van der Waals surface area contributed by atoms with E-state index in [1.807, 2.05) is 73.7 Å². The lowest BCUT2D eigenvalue weighted by molar-refractivity contribution is 0.0955. The third-order valence-electron chi connectivity index (χ3n) is 5.58. The van der Waals surface area contributed by atoms with Crippen molar-refractivity contribution < 1.29 is 13.2 Å². The molecule has 1 aliphatic heterocycles. The number of thiophene rings is 1. The molecule has 1 aromatic heterocycles. The molecule has 6 heteroatoms. The maximum atomic E-state index is 12.9. The first kappa shape index (κ1) is 20.7. The highest BCUT2D eigenvalue weighted by Crippen LogP contribution is 2.44. The number of nitrogens with one attached hydrogen (secondary N) is 1. The minimum Gasteiger partial charge on any atom is -0.347 e. The minimum atomic E-state index is -3.45. The van der Waals surface area contributed by atoms with Gasteiger partial charge in [0.2, 0.25) is 0 Å². The highest BCUT2D eigenvalue weighted by Gasteiger charge is 2.31. The Hall–Kier alpha value is -3.22. The molecular weight excluding hydrogens is 438 g/mol. The van der Waals surface area contributed by atoms with E-state index >= 15 is 0 Å². The molecule has 2 heterocycles. The van der Waals surface area contributed by atoms with Crippen LogP contribution in [-0.2, 0) is 22.1 Å².